The van der Waals surface area contributed by atoms with Gasteiger partial charge in [-0.2, -0.15) is 0 Å². The molecule has 0 bridgehead atoms. The van der Waals surface area contributed by atoms with Gasteiger partial charge in [-0.25, -0.2) is 0 Å². The molecule has 2 unspecified atom stereocenters. The summed E-state index contributed by atoms with van der Waals surface area (Å²) in [5.74, 6) is 0.433. The number of hydrogen-bond acceptors (Lipinski definition) is 5. The van der Waals surface area contributed by atoms with Crippen molar-refractivity contribution in [2.75, 3.05) is 30.4 Å². The van der Waals surface area contributed by atoms with Crippen LogP contribution >= 0.6 is 0 Å². The average molecular weight is 426 g/mol. The van der Waals surface area contributed by atoms with Gasteiger partial charge in [0.1, 0.15) is 12.4 Å². The van der Waals surface area contributed by atoms with Crippen LogP contribution < -0.4 is 20.7 Å². The molecule has 1 aliphatic heterocycles. The van der Waals surface area contributed by atoms with E-state index >= 15 is 0 Å². The lowest BCUT2D eigenvalue weighted by Gasteiger charge is -2.13. The zero-order valence-corrected chi connectivity index (χ0v) is 18.1. The van der Waals surface area contributed by atoms with E-state index in [1.165, 1.54) is 0 Å². The maximum Gasteiger partial charge on any atom is 0.251 e. The van der Waals surface area contributed by atoms with E-state index in [0.717, 1.165) is 31.6 Å². The zero-order valence-electron chi connectivity index (χ0n) is 18.1. The number of anilines is 2. The molecule has 2 amide bonds. The number of benzene rings is 2. The largest absolute Gasteiger partial charge is 0.491 e. The second kappa shape index (κ2) is 11.4. The zero-order chi connectivity index (χ0) is 22.1. The molecule has 2 atom stereocenters. The lowest BCUT2D eigenvalue weighted by molar-refractivity contribution is -0.114. The van der Waals surface area contributed by atoms with Crippen LogP contribution in [0.1, 0.15) is 43.5 Å². The number of nitrogens with one attached hydrogen (secondary N) is 3. The van der Waals surface area contributed by atoms with Gasteiger partial charge in [-0.05, 0) is 62.6 Å². The van der Waals surface area contributed by atoms with E-state index in [1.807, 2.05) is 32.0 Å². The molecule has 1 fully saturated rings. The molecule has 0 saturated carbocycles. The van der Waals surface area contributed by atoms with Crippen molar-refractivity contribution < 1.29 is 19.1 Å². The highest BCUT2D eigenvalue weighted by atomic mass is 16.5. The first-order chi connectivity index (χ1) is 15.0. The van der Waals surface area contributed by atoms with Crippen molar-refractivity contribution in [1.82, 2.24) is 5.32 Å². The van der Waals surface area contributed by atoms with Crippen molar-refractivity contribution in [2.45, 2.75) is 45.3 Å². The van der Waals surface area contributed by atoms with E-state index in [1.54, 1.807) is 30.3 Å². The highest BCUT2D eigenvalue weighted by Crippen LogP contribution is 2.20. The summed E-state index contributed by atoms with van der Waals surface area (Å²) in [7, 11) is 0. The Bertz CT molecular complexity index is 863. The Morgan fingerprint density at radius 3 is 2.68 bits per heavy atom. The van der Waals surface area contributed by atoms with Crippen LogP contribution in [0.2, 0.25) is 0 Å². The third kappa shape index (κ3) is 7.29. The molecular weight excluding hydrogens is 394 g/mol. The molecule has 0 radical (unpaired) electrons. The first-order valence-electron chi connectivity index (χ1n) is 10.8. The van der Waals surface area contributed by atoms with Crippen LogP contribution in [0.3, 0.4) is 0 Å². The SMILES string of the molecule is CCC(C)NC(=O)c1ccc(NCC(=O)Nc2cccc(OCC3CCCO3)c2)cc1. The first-order valence-corrected chi connectivity index (χ1v) is 10.8. The lowest BCUT2D eigenvalue weighted by Crippen LogP contribution is -2.31. The fraction of sp³-hybridized carbons (Fsp3) is 0.417. The second-order valence-corrected chi connectivity index (χ2v) is 7.74. The van der Waals surface area contributed by atoms with Gasteiger partial charge in [0.25, 0.3) is 5.91 Å². The molecule has 0 aromatic heterocycles. The highest BCUT2D eigenvalue weighted by Gasteiger charge is 2.16. The smallest absolute Gasteiger partial charge is 0.251 e. The molecular formula is C24H31N3O4. The highest BCUT2D eigenvalue weighted by molar-refractivity contribution is 5.95. The van der Waals surface area contributed by atoms with Gasteiger partial charge < -0.3 is 25.4 Å². The van der Waals surface area contributed by atoms with Crippen LogP contribution in [-0.2, 0) is 9.53 Å². The molecule has 1 heterocycles. The van der Waals surface area contributed by atoms with Crippen molar-refractivity contribution in [1.29, 1.82) is 0 Å². The van der Waals surface area contributed by atoms with Crippen molar-refractivity contribution in [2.24, 2.45) is 0 Å². The van der Waals surface area contributed by atoms with Crippen LogP contribution in [-0.4, -0.2) is 43.7 Å². The molecule has 1 saturated heterocycles. The number of ether oxygens (including phenoxy) is 2. The molecule has 2 aromatic rings. The lowest BCUT2D eigenvalue weighted by atomic mass is 10.1. The first kappa shape index (κ1) is 22.6. The minimum atomic E-state index is -0.171. The summed E-state index contributed by atoms with van der Waals surface area (Å²) in [6.45, 7) is 5.42. The summed E-state index contributed by atoms with van der Waals surface area (Å²) in [6.07, 6.45) is 3.12. The maximum absolute atomic E-state index is 12.3. The quantitative estimate of drug-likeness (QED) is 0.539. The second-order valence-electron chi connectivity index (χ2n) is 7.74. The Hall–Kier alpha value is -3.06. The summed E-state index contributed by atoms with van der Waals surface area (Å²) >= 11 is 0. The monoisotopic (exact) mass is 425 g/mol. The van der Waals surface area contributed by atoms with Crippen LogP contribution in [0.5, 0.6) is 5.75 Å². The molecule has 31 heavy (non-hydrogen) atoms. The van der Waals surface area contributed by atoms with Crippen LogP contribution in [0.25, 0.3) is 0 Å². The van der Waals surface area contributed by atoms with Gasteiger partial charge in [0.05, 0.1) is 12.6 Å². The molecule has 1 aliphatic rings. The van der Waals surface area contributed by atoms with Crippen LogP contribution in [0, 0.1) is 0 Å². The normalized spacial score (nSPS) is 16.4. The summed E-state index contributed by atoms with van der Waals surface area (Å²) in [6, 6.07) is 14.5. The van der Waals surface area contributed by atoms with Crippen molar-refractivity contribution in [3.63, 3.8) is 0 Å². The van der Waals surface area contributed by atoms with Gasteiger partial charge in [-0.3, -0.25) is 9.59 Å². The molecule has 3 rings (SSSR count). The number of carbonyl (C=O) groups is 2. The standard InChI is InChI=1S/C24H31N3O4/c1-3-17(2)26-24(29)18-9-11-19(12-10-18)25-15-23(28)27-20-6-4-7-21(14-20)31-16-22-8-5-13-30-22/h4,6-7,9-12,14,17,22,25H,3,5,8,13,15-16H2,1-2H3,(H,26,29)(H,27,28). The molecule has 0 aliphatic carbocycles. The van der Waals surface area contributed by atoms with Crippen molar-refractivity contribution >= 4 is 23.2 Å². The van der Waals surface area contributed by atoms with E-state index < -0.39 is 0 Å². The third-order valence-electron chi connectivity index (χ3n) is 5.17. The molecule has 0 spiro atoms. The van der Waals surface area contributed by atoms with Gasteiger partial charge in [0.15, 0.2) is 0 Å². The summed E-state index contributed by atoms with van der Waals surface area (Å²) < 4.78 is 11.3. The number of amides is 2. The Kier molecular flexibility index (Phi) is 8.29. The Morgan fingerprint density at radius 2 is 1.97 bits per heavy atom. The predicted octanol–water partition coefficient (Wildman–Crippen LogP) is 3.82. The van der Waals surface area contributed by atoms with Gasteiger partial charge >= 0.3 is 0 Å². The van der Waals surface area contributed by atoms with E-state index in [-0.39, 0.29) is 30.5 Å². The predicted molar refractivity (Wildman–Crippen MR) is 122 cm³/mol. The summed E-state index contributed by atoms with van der Waals surface area (Å²) in [4.78, 5) is 24.4. The minimum Gasteiger partial charge on any atom is -0.491 e. The van der Waals surface area contributed by atoms with Gasteiger partial charge in [0, 0.05) is 35.7 Å². The maximum atomic E-state index is 12.3. The van der Waals surface area contributed by atoms with E-state index in [2.05, 4.69) is 16.0 Å². The molecule has 2 aromatic carbocycles. The van der Waals surface area contributed by atoms with E-state index in [4.69, 9.17) is 9.47 Å². The van der Waals surface area contributed by atoms with Crippen LogP contribution in [0.4, 0.5) is 11.4 Å². The van der Waals surface area contributed by atoms with E-state index in [0.29, 0.717) is 23.6 Å². The van der Waals surface area contributed by atoms with Crippen LogP contribution in [0.15, 0.2) is 48.5 Å². The average Bonchev–Trinajstić information content (AvgIpc) is 3.30. The number of rotatable bonds is 10. The molecule has 7 heteroatoms. The molecule has 7 nitrogen and oxygen atoms in total. The van der Waals surface area contributed by atoms with Crippen molar-refractivity contribution in [3.8, 4) is 5.75 Å². The minimum absolute atomic E-state index is 0.0970. The third-order valence-corrected chi connectivity index (χ3v) is 5.17. The Labute approximate surface area is 183 Å². The Morgan fingerprint density at radius 1 is 1.16 bits per heavy atom. The number of hydrogen-bond donors (Lipinski definition) is 3. The van der Waals surface area contributed by atoms with Gasteiger partial charge in [-0.15, -0.1) is 0 Å². The molecule has 3 N–H and O–H groups in total. The number of carbonyl (C=O) groups excluding carboxylic acids is 2. The van der Waals surface area contributed by atoms with E-state index in [9.17, 15) is 9.59 Å². The van der Waals surface area contributed by atoms with Gasteiger partial charge in [-0.1, -0.05) is 13.0 Å². The topological polar surface area (TPSA) is 88.7 Å². The Balaban J connectivity index is 1.44. The summed E-state index contributed by atoms with van der Waals surface area (Å²) in [5, 5.41) is 8.86. The fourth-order valence-electron chi connectivity index (χ4n) is 3.16. The van der Waals surface area contributed by atoms with Crippen molar-refractivity contribution in [3.05, 3.63) is 54.1 Å². The molecule has 166 valence electrons. The van der Waals surface area contributed by atoms with Gasteiger partial charge in [0.2, 0.25) is 5.91 Å². The summed E-state index contributed by atoms with van der Waals surface area (Å²) in [5.41, 5.74) is 2.03. The fourth-order valence-corrected chi connectivity index (χ4v) is 3.16.